The summed E-state index contributed by atoms with van der Waals surface area (Å²) in [4.78, 5) is 0. The van der Waals surface area contributed by atoms with Crippen LogP contribution in [0.1, 0.15) is 62.8 Å². The van der Waals surface area contributed by atoms with Crippen LogP contribution in [0.4, 0.5) is 8.78 Å². The van der Waals surface area contributed by atoms with Gasteiger partial charge in [-0.15, -0.1) is 0 Å². The van der Waals surface area contributed by atoms with Crippen LogP contribution in [0.3, 0.4) is 0 Å². The van der Waals surface area contributed by atoms with Crippen molar-refractivity contribution in [1.29, 1.82) is 0 Å². The van der Waals surface area contributed by atoms with Crippen molar-refractivity contribution in [3.63, 3.8) is 0 Å². The molecule has 0 atom stereocenters. The molecule has 2 fully saturated rings. The Labute approximate surface area is 135 Å². The summed E-state index contributed by atoms with van der Waals surface area (Å²) < 4.78 is 26.5. The largest absolute Gasteiger partial charge is 0.204 e. The van der Waals surface area contributed by atoms with Gasteiger partial charge in [-0.25, -0.2) is 8.78 Å². The van der Waals surface area contributed by atoms with Crippen molar-refractivity contribution in [2.24, 2.45) is 11.8 Å². The monoisotopic (exact) mass is 322 g/mol. The van der Waals surface area contributed by atoms with E-state index in [0.717, 1.165) is 35.8 Å². The highest BCUT2D eigenvalue weighted by molar-refractivity contribution is 6.35. The van der Waals surface area contributed by atoms with Gasteiger partial charge >= 0.3 is 0 Å². The van der Waals surface area contributed by atoms with Crippen molar-refractivity contribution in [3.8, 4) is 0 Å². The molecule has 1 aromatic rings. The van der Waals surface area contributed by atoms with E-state index in [2.05, 4.69) is 6.55 Å². The van der Waals surface area contributed by atoms with Crippen molar-refractivity contribution in [2.75, 3.05) is 0 Å². The maximum absolute atomic E-state index is 13.4. The summed E-state index contributed by atoms with van der Waals surface area (Å²) in [5, 5.41) is 0. The fraction of sp³-hybridized carbons (Fsp3) is 0.684. The normalized spacial score (nSPS) is 33.4. The van der Waals surface area contributed by atoms with Gasteiger partial charge in [-0.1, -0.05) is 43.8 Å². The van der Waals surface area contributed by atoms with Gasteiger partial charge in [-0.2, -0.15) is 0 Å². The zero-order valence-electron chi connectivity index (χ0n) is 13.7. The summed E-state index contributed by atoms with van der Waals surface area (Å²) in [6, 6.07) is 4.48. The van der Waals surface area contributed by atoms with Crippen LogP contribution >= 0.6 is 0 Å². The van der Waals surface area contributed by atoms with Gasteiger partial charge in [0.1, 0.15) is 0 Å². The molecular weight excluding hydrogens is 294 g/mol. The molecule has 0 amide bonds. The Balaban J connectivity index is 1.53. The summed E-state index contributed by atoms with van der Waals surface area (Å²) in [5.74, 6) is 0.852. The molecule has 122 valence electrons. The number of rotatable bonds is 3. The van der Waals surface area contributed by atoms with Crippen LogP contribution in [-0.2, 0) is 0 Å². The molecule has 22 heavy (non-hydrogen) atoms. The van der Waals surface area contributed by atoms with Gasteiger partial charge in [0, 0.05) is 9.52 Å². The molecule has 0 saturated heterocycles. The van der Waals surface area contributed by atoms with Gasteiger partial charge in [0.2, 0.25) is 0 Å². The van der Waals surface area contributed by atoms with Crippen molar-refractivity contribution in [2.45, 2.75) is 69.4 Å². The second kappa shape index (κ2) is 7.25. The molecular formula is C19H28F2Si. The van der Waals surface area contributed by atoms with Gasteiger partial charge in [0.15, 0.2) is 11.6 Å². The highest BCUT2D eigenvalue weighted by atomic mass is 28.2. The first kappa shape index (κ1) is 16.2. The third-order valence-electron chi connectivity index (χ3n) is 6.32. The minimum atomic E-state index is -0.728. The van der Waals surface area contributed by atoms with Gasteiger partial charge in [-0.3, -0.25) is 0 Å². The van der Waals surface area contributed by atoms with Crippen molar-refractivity contribution in [1.82, 2.24) is 0 Å². The lowest BCUT2D eigenvalue weighted by molar-refractivity contribution is 0.186. The third-order valence-corrected chi connectivity index (χ3v) is 8.29. The Bertz CT molecular complexity index is 486. The van der Waals surface area contributed by atoms with Crippen LogP contribution in [0.5, 0.6) is 0 Å². The third kappa shape index (κ3) is 3.61. The van der Waals surface area contributed by atoms with E-state index in [4.69, 9.17) is 0 Å². The number of hydrogen-bond donors (Lipinski definition) is 0. The van der Waals surface area contributed by atoms with Gasteiger partial charge < -0.3 is 0 Å². The van der Waals surface area contributed by atoms with Gasteiger partial charge in [0.25, 0.3) is 0 Å². The molecule has 0 nitrogen and oxygen atoms in total. The average molecular weight is 323 g/mol. The summed E-state index contributed by atoms with van der Waals surface area (Å²) in [6.45, 7) is 2.46. The lowest BCUT2D eigenvalue weighted by Gasteiger charge is -2.37. The zero-order valence-corrected chi connectivity index (χ0v) is 15.1. The Kier molecular flexibility index (Phi) is 5.32. The first-order valence-electron chi connectivity index (χ1n) is 9.12. The molecule has 0 heterocycles. The second-order valence-electron chi connectivity index (χ2n) is 7.47. The topological polar surface area (TPSA) is 0 Å². The first-order chi connectivity index (χ1) is 10.7. The van der Waals surface area contributed by atoms with Crippen LogP contribution in [0.25, 0.3) is 0 Å². The highest BCUT2D eigenvalue weighted by Crippen LogP contribution is 2.44. The second-order valence-corrected chi connectivity index (χ2v) is 9.45. The molecule has 2 saturated carbocycles. The molecule has 0 aliphatic heterocycles. The van der Waals surface area contributed by atoms with Crippen LogP contribution in [-0.4, -0.2) is 9.52 Å². The van der Waals surface area contributed by atoms with Gasteiger partial charge in [-0.05, 0) is 61.1 Å². The molecule has 3 heteroatoms. The Morgan fingerprint density at radius 3 is 1.95 bits per heavy atom. The molecule has 0 bridgehead atoms. The predicted octanol–water partition coefficient (Wildman–Crippen LogP) is 5.43. The van der Waals surface area contributed by atoms with E-state index in [-0.39, 0.29) is 9.52 Å². The fourth-order valence-corrected chi connectivity index (χ4v) is 6.05. The summed E-state index contributed by atoms with van der Waals surface area (Å²) in [5.41, 5.74) is 2.10. The molecule has 2 aliphatic carbocycles. The fourth-order valence-electron chi connectivity index (χ4n) is 4.76. The van der Waals surface area contributed by atoms with Crippen molar-refractivity contribution >= 4 is 9.52 Å². The van der Waals surface area contributed by atoms with Crippen LogP contribution < -0.4 is 0 Å². The summed E-state index contributed by atoms with van der Waals surface area (Å²) in [6.07, 6.45) is 10.7. The number of hydrogen-bond acceptors (Lipinski definition) is 0. The molecule has 0 unspecified atom stereocenters. The van der Waals surface area contributed by atoms with Crippen LogP contribution in [0.2, 0.25) is 12.1 Å². The quantitative estimate of drug-likeness (QED) is 0.651. The molecule has 2 aliphatic rings. The highest BCUT2D eigenvalue weighted by Gasteiger charge is 2.31. The van der Waals surface area contributed by atoms with E-state index in [1.165, 1.54) is 50.7 Å². The Morgan fingerprint density at radius 2 is 1.41 bits per heavy atom. The van der Waals surface area contributed by atoms with E-state index >= 15 is 0 Å². The van der Waals surface area contributed by atoms with Crippen LogP contribution in [0, 0.1) is 23.5 Å². The maximum Gasteiger partial charge on any atom is 0.159 e. The number of halogens is 2. The minimum Gasteiger partial charge on any atom is -0.204 e. The van der Waals surface area contributed by atoms with Crippen molar-refractivity contribution in [3.05, 3.63) is 35.4 Å². The Hall–Kier alpha value is -0.703. The van der Waals surface area contributed by atoms with E-state index in [9.17, 15) is 8.78 Å². The molecule has 0 N–H and O–H groups in total. The Morgan fingerprint density at radius 1 is 0.818 bits per heavy atom. The minimum absolute atomic E-state index is 0.200. The lowest BCUT2D eigenvalue weighted by Crippen LogP contribution is -2.25. The van der Waals surface area contributed by atoms with E-state index in [1.807, 2.05) is 0 Å². The first-order valence-corrected chi connectivity index (χ1v) is 11.4. The van der Waals surface area contributed by atoms with E-state index < -0.39 is 11.6 Å². The summed E-state index contributed by atoms with van der Waals surface area (Å²) in [7, 11) is 0.200. The number of benzene rings is 1. The standard InChI is InChI=1S/C19H28F2Si/c1-22-17-9-6-14(7-10-17)13-2-4-15(5-3-13)16-8-11-18(20)19(21)12-16/h8,11-15,17H,2-7,9-10,22H2,1H3/t13-,14-,15-,17-. The SMILES string of the molecule is C[SiH2][C@H]1CC[C@H]([C@H]2CC[C@H](c3ccc(F)c(F)c3)CC2)CC1. The van der Waals surface area contributed by atoms with Gasteiger partial charge in [0.05, 0.1) is 0 Å². The lowest BCUT2D eigenvalue weighted by atomic mass is 9.70. The molecule has 0 radical (unpaired) electrons. The van der Waals surface area contributed by atoms with E-state index in [0.29, 0.717) is 5.92 Å². The molecule has 0 spiro atoms. The zero-order chi connectivity index (χ0) is 15.5. The van der Waals surface area contributed by atoms with E-state index in [1.54, 1.807) is 6.07 Å². The maximum atomic E-state index is 13.4. The van der Waals surface area contributed by atoms with Crippen LogP contribution in [0.15, 0.2) is 18.2 Å². The molecule has 1 aromatic carbocycles. The smallest absolute Gasteiger partial charge is 0.159 e. The predicted molar refractivity (Wildman–Crippen MR) is 91.2 cm³/mol. The molecule has 3 rings (SSSR count). The molecule has 0 aromatic heterocycles. The average Bonchev–Trinajstić information content (AvgIpc) is 2.58. The summed E-state index contributed by atoms with van der Waals surface area (Å²) >= 11 is 0. The van der Waals surface area contributed by atoms with Crippen molar-refractivity contribution < 1.29 is 8.78 Å².